The highest BCUT2D eigenvalue weighted by Crippen LogP contribution is 2.24. The second-order valence-electron chi connectivity index (χ2n) is 4.72. The highest BCUT2D eigenvalue weighted by atomic mass is 14.7. The van der Waals surface area contributed by atoms with Gasteiger partial charge in [0, 0.05) is 5.54 Å². The van der Waals surface area contributed by atoms with Gasteiger partial charge in [-0.25, -0.2) is 0 Å². The highest BCUT2D eigenvalue weighted by molar-refractivity contribution is 5.22. The molecular formula is C13H21N. The van der Waals surface area contributed by atoms with Crippen LogP contribution < -0.4 is 5.73 Å². The van der Waals surface area contributed by atoms with Gasteiger partial charge in [-0.15, -0.1) is 0 Å². The van der Waals surface area contributed by atoms with E-state index in [-0.39, 0.29) is 5.54 Å². The molecule has 1 nitrogen and oxygen atoms in total. The Bertz CT molecular complexity index is 262. The van der Waals surface area contributed by atoms with E-state index in [2.05, 4.69) is 45.0 Å². The van der Waals surface area contributed by atoms with E-state index in [0.717, 1.165) is 12.3 Å². The second-order valence-corrected chi connectivity index (χ2v) is 4.72. The van der Waals surface area contributed by atoms with Crippen LogP contribution in [0.4, 0.5) is 0 Å². The van der Waals surface area contributed by atoms with Gasteiger partial charge in [0.15, 0.2) is 0 Å². The van der Waals surface area contributed by atoms with E-state index in [9.17, 15) is 0 Å². The van der Waals surface area contributed by atoms with Gasteiger partial charge in [0.05, 0.1) is 0 Å². The summed E-state index contributed by atoms with van der Waals surface area (Å²) in [6, 6.07) is 10.4. The van der Waals surface area contributed by atoms with Gasteiger partial charge in [-0.1, -0.05) is 44.2 Å². The molecule has 1 atom stereocenters. The van der Waals surface area contributed by atoms with Crippen molar-refractivity contribution in [1.82, 2.24) is 0 Å². The molecule has 1 aromatic rings. The molecule has 0 aliphatic heterocycles. The second kappa shape index (κ2) is 4.61. The smallest absolute Gasteiger partial charge is 0.0381 e. The first-order chi connectivity index (χ1) is 6.52. The summed E-state index contributed by atoms with van der Waals surface area (Å²) in [4.78, 5) is 0. The average Bonchev–Trinajstić information content (AvgIpc) is 2.16. The summed E-state index contributed by atoms with van der Waals surface area (Å²) < 4.78 is 0. The number of nitrogens with two attached hydrogens (primary N) is 1. The van der Waals surface area contributed by atoms with Crippen LogP contribution >= 0.6 is 0 Å². The maximum Gasteiger partial charge on any atom is 0.0381 e. The van der Waals surface area contributed by atoms with Crippen LogP contribution in [0.3, 0.4) is 0 Å². The van der Waals surface area contributed by atoms with E-state index in [1.165, 1.54) is 12.0 Å². The standard InChI is InChI=1S/C13H21N/c1-11(2)9-10-13(3,14)12-7-5-4-6-8-12/h4-8,11H,9-10,14H2,1-3H3. The minimum Gasteiger partial charge on any atom is -0.322 e. The van der Waals surface area contributed by atoms with Gasteiger partial charge in [0.1, 0.15) is 0 Å². The first-order valence-corrected chi connectivity index (χ1v) is 5.37. The van der Waals surface area contributed by atoms with Crippen LogP contribution in [-0.4, -0.2) is 0 Å². The Morgan fingerprint density at radius 2 is 1.79 bits per heavy atom. The van der Waals surface area contributed by atoms with Crippen LogP contribution in [0.25, 0.3) is 0 Å². The fourth-order valence-electron chi connectivity index (χ4n) is 1.55. The molecule has 0 aliphatic carbocycles. The summed E-state index contributed by atoms with van der Waals surface area (Å²) in [6.07, 6.45) is 2.23. The van der Waals surface area contributed by atoms with Crippen molar-refractivity contribution in [2.24, 2.45) is 11.7 Å². The third-order valence-electron chi connectivity index (χ3n) is 2.67. The molecule has 0 saturated carbocycles. The molecule has 0 spiro atoms. The van der Waals surface area contributed by atoms with Crippen molar-refractivity contribution in [2.45, 2.75) is 39.2 Å². The van der Waals surface area contributed by atoms with Crippen LogP contribution in [-0.2, 0) is 5.54 Å². The molecular weight excluding hydrogens is 170 g/mol. The van der Waals surface area contributed by atoms with Gasteiger partial charge in [-0.3, -0.25) is 0 Å². The zero-order valence-electron chi connectivity index (χ0n) is 9.46. The lowest BCUT2D eigenvalue weighted by Crippen LogP contribution is -2.33. The molecule has 0 saturated heterocycles. The highest BCUT2D eigenvalue weighted by Gasteiger charge is 2.20. The minimum absolute atomic E-state index is 0.175. The lowest BCUT2D eigenvalue weighted by Gasteiger charge is -2.26. The topological polar surface area (TPSA) is 26.0 Å². The van der Waals surface area contributed by atoms with E-state index in [1.54, 1.807) is 0 Å². The summed E-state index contributed by atoms with van der Waals surface area (Å²) in [5, 5.41) is 0. The van der Waals surface area contributed by atoms with Gasteiger partial charge in [-0.05, 0) is 31.2 Å². The first kappa shape index (κ1) is 11.3. The quantitative estimate of drug-likeness (QED) is 0.776. The summed E-state index contributed by atoms with van der Waals surface area (Å²) in [6.45, 7) is 6.59. The van der Waals surface area contributed by atoms with Crippen molar-refractivity contribution in [1.29, 1.82) is 0 Å². The molecule has 1 rings (SSSR count). The molecule has 0 bridgehead atoms. The molecule has 1 aromatic carbocycles. The number of benzene rings is 1. The van der Waals surface area contributed by atoms with Crippen LogP contribution in [0.5, 0.6) is 0 Å². The SMILES string of the molecule is CC(C)CCC(C)(N)c1ccccc1. The van der Waals surface area contributed by atoms with Gasteiger partial charge in [0.2, 0.25) is 0 Å². The Labute approximate surface area is 87.3 Å². The maximum absolute atomic E-state index is 6.29. The van der Waals surface area contributed by atoms with Crippen LogP contribution in [0.1, 0.15) is 39.2 Å². The van der Waals surface area contributed by atoms with E-state index in [1.807, 2.05) is 6.07 Å². The maximum atomic E-state index is 6.29. The molecule has 0 heterocycles. The predicted molar refractivity (Wildman–Crippen MR) is 62.1 cm³/mol. The largest absolute Gasteiger partial charge is 0.322 e. The molecule has 0 aromatic heterocycles. The predicted octanol–water partition coefficient (Wildman–Crippen LogP) is 3.30. The normalized spacial score (nSPS) is 15.5. The molecule has 0 aliphatic rings. The number of hydrogen-bond acceptors (Lipinski definition) is 1. The molecule has 2 N–H and O–H groups in total. The first-order valence-electron chi connectivity index (χ1n) is 5.37. The van der Waals surface area contributed by atoms with Gasteiger partial charge in [-0.2, -0.15) is 0 Å². The molecule has 78 valence electrons. The van der Waals surface area contributed by atoms with E-state index >= 15 is 0 Å². The zero-order valence-corrected chi connectivity index (χ0v) is 9.46. The molecule has 0 fully saturated rings. The van der Waals surface area contributed by atoms with Crippen molar-refractivity contribution in [3.63, 3.8) is 0 Å². The van der Waals surface area contributed by atoms with Gasteiger partial charge >= 0.3 is 0 Å². The van der Waals surface area contributed by atoms with Crippen molar-refractivity contribution < 1.29 is 0 Å². The van der Waals surface area contributed by atoms with E-state index < -0.39 is 0 Å². The Kier molecular flexibility index (Phi) is 3.70. The van der Waals surface area contributed by atoms with Crippen molar-refractivity contribution in [2.75, 3.05) is 0 Å². The van der Waals surface area contributed by atoms with E-state index in [0.29, 0.717) is 0 Å². The number of hydrogen-bond donors (Lipinski definition) is 1. The molecule has 0 radical (unpaired) electrons. The van der Waals surface area contributed by atoms with Crippen molar-refractivity contribution in [3.05, 3.63) is 35.9 Å². The summed E-state index contributed by atoms with van der Waals surface area (Å²) in [5.41, 5.74) is 7.35. The Morgan fingerprint density at radius 1 is 1.21 bits per heavy atom. The lowest BCUT2D eigenvalue weighted by atomic mass is 9.86. The Balaban J connectivity index is 2.66. The lowest BCUT2D eigenvalue weighted by molar-refractivity contribution is 0.396. The zero-order chi connectivity index (χ0) is 10.6. The van der Waals surface area contributed by atoms with Crippen molar-refractivity contribution in [3.8, 4) is 0 Å². The number of rotatable bonds is 4. The third kappa shape index (κ3) is 3.15. The Hall–Kier alpha value is -0.820. The van der Waals surface area contributed by atoms with Crippen LogP contribution in [0.15, 0.2) is 30.3 Å². The fourth-order valence-corrected chi connectivity index (χ4v) is 1.55. The Morgan fingerprint density at radius 3 is 2.29 bits per heavy atom. The summed E-state index contributed by atoms with van der Waals surface area (Å²) in [7, 11) is 0. The van der Waals surface area contributed by atoms with Crippen LogP contribution in [0.2, 0.25) is 0 Å². The summed E-state index contributed by atoms with van der Waals surface area (Å²) >= 11 is 0. The molecule has 0 amide bonds. The van der Waals surface area contributed by atoms with Gasteiger partial charge < -0.3 is 5.73 Å². The van der Waals surface area contributed by atoms with E-state index in [4.69, 9.17) is 5.73 Å². The fraction of sp³-hybridized carbons (Fsp3) is 0.538. The van der Waals surface area contributed by atoms with Crippen LogP contribution in [0, 0.1) is 5.92 Å². The molecule has 1 heteroatoms. The minimum atomic E-state index is -0.175. The average molecular weight is 191 g/mol. The monoisotopic (exact) mass is 191 g/mol. The van der Waals surface area contributed by atoms with Crippen molar-refractivity contribution >= 4 is 0 Å². The van der Waals surface area contributed by atoms with Gasteiger partial charge in [0.25, 0.3) is 0 Å². The molecule has 1 unspecified atom stereocenters. The third-order valence-corrected chi connectivity index (χ3v) is 2.67. The molecule has 14 heavy (non-hydrogen) atoms. The summed E-state index contributed by atoms with van der Waals surface area (Å²) in [5.74, 6) is 0.724.